The molecule has 0 aromatic heterocycles. The van der Waals surface area contributed by atoms with Gasteiger partial charge in [0.2, 0.25) is 0 Å². The minimum absolute atomic E-state index is 0.218. The van der Waals surface area contributed by atoms with Gasteiger partial charge in [0.15, 0.2) is 0 Å². The van der Waals surface area contributed by atoms with Gasteiger partial charge in [0.05, 0.1) is 14.2 Å². The number of ether oxygens (including phenoxy) is 2. The lowest BCUT2D eigenvalue weighted by molar-refractivity contribution is 0.208. The third-order valence-electron chi connectivity index (χ3n) is 4.32. The first-order valence-electron chi connectivity index (χ1n) is 7.49. The van der Waals surface area contributed by atoms with Crippen molar-refractivity contribution in [3.05, 3.63) is 59.2 Å². The number of nitrogens with zero attached hydrogens (tertiary/aromatic N) is 1. The van der Waals surface area contributed by atoms with Crippen LogP contribution in [-0.4, -0.2) is 25.7 Å². The smallest absolute Gasteiger partial charge is 0.123 e. The zero-order valence-electron chi connectivity index (χ0n) is 13.1. The molecule has 1 heterocycles. The van der Waals surface area contributed by atoms with Crippen molar-refractivity contribution in [2.45, 2.75) is 19.1 Å². The second-order valence-corrected chi connectivity index (χ2v) is 5.53. The second kappa shape index (κ2) is 6.38. The molecule has 0 fully saturated rings. The molecular weight excluding hydrogens is 276 g/mol. The van der Waals surface area contributed by atoms with Gasteiger partial charge in [-0.15, -0.1) is 0 Å². The first kappa shape index (κ1) is 14.9. The van der Waals surface area contributed by atoms with Crippen LogP contribution < -0.4 is 15.2 Å². The lowest BCUT2D eigenvalue weighted by Crippen LogP contribution is -2.27. The first-order valence-corrected chi connectivity index (χ1v) is 7.49. The minimum atomic E-state index is 0.218. The van der Waals surface area contributed by atoms with Crippen LogP contribution >= 0.6 is 0 Å². The zero-order chi connectivity index (χ0) is 15.5. The summed E-state index contributed by atoms with van der Waals surface area (Å²) in [5.41, 5.74) is 9.82. The van der Waals surface area contributed by atoms with E-state index in [-0.39, 0.29) is 6.04 Å². The summed E-state index contributed by atoms with van der Waals surface area (Å²) in [5.74, 6) is 1.81. The number of nitrogens with two attached hydrogens (primary N) is 1. The molecule has 1 atom stereocenters. The van der Waals surface area contributed by atoms with Crippen molar-refractivity contribution in [1.29, 1.82) is 0 Å². The van der Waals surface area contributed by atoms with Crippen LogP contribution in [0.2, 0.25) is 0 Å². The van der Waals surface area contributed by atoms with Crippen molar-refractivity contribution in [1.82, 2.24) is 4.90 Å². The zero-order valence-corrected chi connectivity index (χ0v) is 13.1. The topological polar surface area (TPSA) is 47.7 Å². The largest absolute Gasteiger partial charge is 0.497 e. The van der Waals surface area contributed by atoms with Gasteiger partial charge in [0.25, 0.3) is 0 Å². The highest BCUT2D eigenvalue weighted by atomic mass is 16.5. The van der Waals surface area contributed by atoms with Gasteiger partial charge in [-0.05, 0) is 29.3 Å². The number of para-hydroxylation sites is 1. The van der Waals surface area contributed by atoms with Crippen LogP contribution in [-0.2, 0) is 13.1 Å². The summed E-state index contributed by atoms with van der Waals surface area (Å²) in [6, 6.07) is 14.6. The van der Waals surface area contributed by atoms with Crippen LogP contribution in [0.5, 0.6) is 11.5 Å². The van der Waals surface area contributed by atoms with E-state index in [2.05, 4.69) is 23.1 Å². The summed E-state index contributed by atoms with van der Waals surface area (Å²) >= 11 is 0. The molecule has 116 valence electrons. The average molecular weight is 298 g/mol. The highest BCUT2D eigenvalue weighted by Gasteiger charge is 2.29. The number of methoxy groups -OCH3 is 2. The molecule has 0 bridgehead atoms. The van der Waals surface area contributed by atoms with Crippen molar-refractivity contribution in [3.63, 3.8) is 0 Å². The second-order valence-electron chi connectivity index (χ2n) is 5.53. The average Bonchev–Trinajstić information content (AvgIpc) is 2.91. The van der Waals surface area contributed by atoms with Gasteiger partial charge in [-0.3, -0.25) is 4.90 Å². The Morgan fingerprint density at radius 2 is 1.95 bits per heavy atom. The molecule has 1 aliphatic heterocycles. The van der Waals surface area contributed by atoms with Gasteiger partial charge in [-0.1, -0.05) is 24.3 Å². The Bertz CT molecular complexity index is 657. The van der Waals surface area contributed by atoms with E-state index >= 15 is 0 Å². The summed E-state index contributed by atoms with van der Waals surface area (Å²) in [4.78, 5) is 2.39. The summed E-state index contributed by atoms with van der Waals surface area (Å²) in [5, 5.41) is 0. The molecule has 1 aliphatic rings. The van der Waals surface area contributed by atoms with E-state index in [0.29, 0.717) is 6.54 Å². The summed E-state index contributed by atoms with van der Waals surface area (Å²) in [6.45, 7) is 2.32. The highest BCUT2D eigenvalue weighted by Crippen LogP contribution is 2.37. The standard InChI is InChI=1S/C18H22N2O2/c1-21-15-8-7-13-11-20(17(10-19)16(13)9-15)12-14-5-3-4-6-18(14)22-2/h3-9,17H,10-12,19H2,1-2H3. The maximum atomic E-state index is 6.04. The third-order valence-corrected chi connectivity index (χ3v) is 4.32. The van der Waals surface area contributed by atoms with Crippen molar-refractivity contribution in [2.24, 2.45) is 5.73 Å². The number of fused-ring (bicyclic) bond motifs is 1. The third kappa shape index (κ3) is 2.67. The monoisotopic (exact) mass is 298 g/mol. The molecular formula is C18H22N2O2. The molecule has 2 aromatic rings. The van der Waals surface area contributed by atoms with Crippen LogP contribution in [0.3, 0.4) is 0 Å². The number of hydrogen-bond donors (Lipinski definition) is 1. The van der Waals surface area contributed by atoms with Crippen LogP contribution in [0.15, 0.2) is 42.5 Å². The van der Waals surface area contributed by atoms with E-state index in [1.807, 2.05) is 24.3 Å². The summed E-state index contributed by atoms with van der Waals surface area (Å²) in [6.07, 6.45) is 0. The Kier molecular flexibility index (Phi) is 4.32. The fraction of sp³-hybridized carbons (Fsp3) is 0.333. The van der Waals surface area contributed by atoms with Crippen LogP contribution in [0.25, 0.3) is 0 Å². The van der Waals surface area contributed by atoms with Gasteiger partial charge < -0.3 is 15.2 Å². The Morgan fingerprint density at radius 3 is 2.68 bits per heavy atom. The molecule has 2 aromatic carbocycles. The van der Waals surface area contributed by atoms with Crippen molar-refractivity contribution in [2.75, 3.05) is 20.8 Å². The SMILES string of the molecule is COc1ccc2c(c1)C(CN)N(Cc1ccccc1OC)C2. The number of benzene rings is 2. The minimum Gasteiger partial charge on any atom is -0.497 e. The van der Waals surface area contributed by atoms with E-state index in [1.165, 1.54) is 16.7 Å². The molecule has 3 rings (SSSR count). The molecule has 0 spiro atoms. The highest BCUT2D eigenvalue weighted by molar-refractivity contribution is 5.41. The quantitative estimate of drug-likeness (QED) is 0.922. The Hall–Kier alpha value is -2.04. The molecule has 0 amide bonds. The van der Waals surface area contributed by atoms with Crippen molar-refractivity contribution < 1.29 is 9.47 Å². The van der Waals surface area contributed by atoms with Crippen LogP contribution in [0, 0.1) is 0 Å². The molecule has 0 aliphatic carbocycles. The molecule has 4 heteroatoms. The molecule has 0 saturated heterocycles. The predicted octanol–water partition coefficient (Wildman–Crippen LogP) is 2.72. The lowest BCUT2D eigenvalue weighted by atomic mass is 10.0. The van der Waals surface area contributed by atoms with Gasteiger partial charge in [0, 0.05) is 31.2 Å². The number of hydrogen-bond acceptors (Lipinski definition) is 4. The van der Waals surface area contributed by atoms with Gasteiger partial charge in [-0.25, -0.2) is 0 Å². The predicted molar refractivity (Wildman–Crippen MR) is 87.0 cm³/mol. The molecule has 0 radical (unpaired) electrons. The first-order chi connectivity index (χ1) is 10.8. The van der Waals surface area contributed by atoms with E-state index in [1.54, 1.807) is 14.2 Å². The molecule has 1 unspecified atom stereocenters. The molecule has 2 N–H and O–H groups in total. The lowest BCUT2D eigenvalue weighted by Gasteiger charge is -2.24. The van der Waals surface area contributed by atoms with E-state index in [0.717, 1.165) is 24.6 Å². The van der Waals surface area contributed by atoms with Gasteiger partial charge in [0.1, 0.15) is 11.5 Å². The van der Waals surface area contributed by atoms with Crippen LogP contribution in [0.4, 0.5) is 0 Å². The maximum Gasteiger partial charge on any atom is 0.123 e. The summed E-state index contributed by atoms with van der Waals surface area (Å²) < 4.78 is 10.8. The van der Waals surface area contributed by atoms with Crippen molar-refractivity contribution in [3.8, 4) is 11.5 Å². The van der Waals surface area contributed by atoms with Crippen LogP contribution in [0.1, 0.15) is 22.7 Å². The normalized spacial score (nSPS) is 17.3. The van der Waals surface area contributed by atoms with E-state index in [9.17, 15) is 0 Å². The van der Waals surface area contributed by atoms with Gasteiger partial charge in [-0.2, -0.15) is 0 Å². The fourth-order valence-corrected chi connectivity index (χ4v) is 3.17. The molecule has 0 saturated carbocycles. The number of rotatable bonds is 5. The molecule has 22 heavy (non-hydrogen) atoms. The Morgan fingerprint density at radius 1 is 1.14 bits per heavy atom. The summed E-state index contributed by atoms with van der Waals surface area (Å²) in [7, 11) is 3.41. The van der Waals surface area contributed by atoms with Gasteiger partial charge >= 0.3 is 0 Å². The molecule has 4 nitrogen and oxygen atoms in total. The Labute approximate surface area is 131 Å². The van der Waals surface area contributed by atoms with Crippen molar-refractivity contribution >= 4 is 0 Å². The fourth-order valence-electron chi connectivity index (χ4n) is 3.17. The van der Waals surface area contributed by atoms with E-state index < -0.39 is 0 Å². The Balaban J connectivity index is 1.87. The van der Waals surface area contributed by atoms with E-state index in [4.69, 9.17) is 15.2 Å². The maximum absolute atomic E-state index is 6.04.